The van der Waals surface area contributed by atoms with Crippen LogP contribution in [0.2, 0.25) is 5.02 Å². The van der Waals surface area contributed by atoms with Crippen molar-refractivity contribution in [3.8, 4) is 11.8 Å². The fraction of sp³-hybridized carbons (Fsp3) is 0.500. The molecule has 2 rings (SSSR count). The van der Waals surface area contributed by atoms with E-state index in [-0.39, 0.29) is 0 Å². The SMILES string of the molecule is COc1c(Cl)c2c(c(C)c1CC#N)CCCC2. The zero-order valence-corrected chi connectivity index (χ0v) is 11.0. The molecular weight excluding hydrogens is 234 g/mol. The third-order valence-electron chi connectivity index (χ3n) is 3.57. The maximum Gasteiger partial charge on any atom is 0.142 e. The molecule has 17 heavy (non-hydrogen) atoms. The van der Waals surface area contributed by atoms with Gasteiger partial charge in [0.25, 0.3) is 0 Å². The predicted octanol–water partition coefficient (Wildman–Crippen LogP) is 3.60. The number of nitriles is 1. The standard InChI is InChI=1S/C14H16ClNO/c1-9-10-5-3-4-6-12(10)13(15)14(17-2)11(9)7-8-16/h3-7H2,1-2H3. The number of benzene rings is 1. The molecule has 0 aliphatic heterocycles. The first kappa shape index (κ1) is 12.3. The summed E-state index contributed by atoms with van der Waals surface area (Å²) in [6.45, 7) is 2.08. The van der Waals surface area contributed by atoms with Gasteiger partial charge in [0.05, 0.1) is 24.6 Å². The van der Waals surface area contributed by atoms with Gasteiger partial charge in [0.2, 0.25) is 0 Å². The molecule has 0 amide bonds. The van der Waals surface area contributed by atoms with E-state index >= 15 is 0 Å². The summed E-state index contributed by atoms with van der Waals surface area (Å²) < 4.78 is 5.39. The lowest BCUT2D eigenvalue weighted by Gasteiger charge is -2.24. The molecule has 1 aliphatic carbocycles. The summed E-state index contributed by atoms with van der Waals surface area (Å²) in [7, 11) is 1.62. The summed E-state index contributed by atoms with van der Waals surface area (Å²) in [6, 6.07) is 2.19. The molecule has 0 aromatic heterocycles. The summed E-state index contributed by atoms with van der Waals surface area (Å²) >= 11 is 6.41. The fourth-order valence-corrected chi connectivity index (χ4v) is 3.09. The lowest BCUT2D eigenvalue weighted by atomic mass is 9.85. The van der Waals surface area contributed by atoms with Crippen molar-refractivity contribution >= 4 is 11.6 Å². The molecular formula is C14H16ClNO. The molecule has 1 aliphatic rings. The van der Waals surface area contributed by atoms with Crippen molar-refractivity contribution in [1.82, 2.24) is 0 Å². The Kier molecular flexibility index (Phi) is 3.59. The van der Waals surface area contributed by atoms with Gasteiger partial charge in [-0.15, -0.1) is 0 Å². The van der Waals surface area contributed by atoms with E-state index in [4.69, 9.17) is 21.6 Å². The second kappa shape index (κ2) is 4.98. The second-order valence-electron chi connectivity index (χ2n) is 4.45. The van der Waals surface area contributed by atoms with Gasteiger partial charge in [0, 0.05) is 5.56 Å². The van der Waals surface area contributed by atoms with Crippen molar-refractivity contribution in [1.29, 1.82) is 5.26 Å². The number of halogens is 1. The summed E-state index contributed by atoms with van der Waals surface area (Å²) in [4.78, 5) is 0. The van der Waals surface area contributed by atoms with Crippen LogP contribution in [0.25, 0.3) is 0 Å². The number of methoxy groups -OCH3 is 1. The highest BCUT2D eigenvalue weighted by Crippen LogP contribution is 2.40. The van der Waals surface area contributed by atoms with Gasteiger partial charge in [0.1, 0.15) is 5.75 Å². The minimum absolute atomic E-state index is 0.363. The average molecular weight is 250 g/mol. The van der Waals surface area contributed by atoms with Crippen LogP contribution in [0, 0.1) is 18.3 Å². The van der Waals surface area contributed by atoms with E-state index in [2.05, 4.69) is 13.0 Å². The van der Waals surface area contributed by atoms with Gasteiger partial charge in [-0.25, -0.2) is 0 Å². The molecule has 1 aromatic rings. The molecule has 0 fully saturated rings. The van der Waals surface area contributed by atoms with Gasteiger partial charge in [-0.1, -0.05) is 11.6 Å². The van der Waals surface area contributed by atoms with E-state index in [1.54, 1.807) is 7.11 Å². The van der Waals surface area contributed by atoms with E-state index in [1.165, 1.54) is 29.5 Å². The topological polar surface area (TPSA) is 33.0 Å². The molecule has 0 radical (unpaired) electrons. The van der Waals surface area contributed by atoms with E-state index in [0.29, 0.717) is 12.2 Å². The van der Waals surface area contributed by atoms with Gasteiger partial charge in [0.15, 0.2) is 0 Å². The molecule has 0 atom stereocenters. The summed E-state index contributed by atoms with van der Waals surface area (Å²) in [5, 5.41) is 9.63. The lowest BCUT2D eigenvalue weighted by Crippen LogP contribution is -2.10. The van der Waals surface area contributed by atoms with Crippen LogP contribution in [0.1, 0.15) is 35.1 Å². The van der Waals surface area contributed by atoms with E-state index in [9.17, 15) is 0 Å². The quantitative estimate of drug-likeness (QED) is 0.802. The Balaban J connectivity index is 2.68. The Morgan fingerprint density at radius 2 is 1.94 bits per heavy atom. The summed E-state index contributed by atoms with van der Waals surface area (Å²) in [5.74, 6) is 0.700. The number of hydrogen-bond acceptors (Lipinski definition) is 2. The normalized spacial score (nSPS) is 14.0. The maximum atomic E-state index is 8.91. The van der Waals surface area contributed by atoms with Crippen molar-refractivity contribution in [3.05, 3.63) is 27.3 Å². The molecule has 0 saturated carbocycles. The first-order chi connectivity index (χ1) is 8.20. The Morgan fingerprint density at radius 3 is 2.53 bits per heavy atom. The molecule has 0 spiro atoms. The van der Waals surface area contributed by atoms with Crippen LogP contribution in [0.5, 0.6) is 5.75 Å². The smallest absolute Gasteiger partial charge is 0.142 e. The Morgan fingerprint density at radius 1 is 1.29 bits per heavy atom. The van der Waals surface area contributed by atoms with Gasteiger partial charge in [-0.05, 0) is 49.3 Å². The molecule has 0 heterocycles. The number of nitrogens with zero attached hydrogens (tertiary/aromatic N) is 1. The van der Waals surface area contributed by atoms with E-state index in [0.717, 1.165) is 23.4 Å². The van der Waals surface area contributed by atoms with Crippen LogP contribution >= 0.6 is 11.6 Å². The zero-order valence-electron chi connectivity index (χ0n) is 10.3. The van der Waals surface area contributed by atoms with Crippen molar-refractivity contribution in [2.45, 2.75) is 39.0 Å². The maximum absolute atomic E-state index is 8.91. The summed E-state index contributed by atoms with van der Waals surface area (Å²) in [6.07, 6.45) is 4.86. The largest absolute Gasteiger partial charge is 0.495 e. The van der Waals surface area contributed by atoms with Gasteiger partial charge >= 0.3 is 0 Å². The molecule has 1 aromatic carbocycles. The van der Waals surface area contributed by atoms with E-state index in [1.807, 2.05) is 0 Å². The van der Waals surface area contributed by atoms with Crippen LogP contribution in [0.15, 0.2) is 0 Å². The molecule has 0 unspecified atom stereocenters. The van der Waals surface area contributed by atoms with Crippen LogP contribution in [0.3, 0.4) is 0 Å². The number of hydrogen-bond donors (Lipinski definition) is 0. The summed E-state index contributed by atoms with van der Waals surface area (Å²) in [5.41, 5.74) is 4.73. The van der Waals surface area contributed by atoms with Crippen molar-refractivity contribution in [2.75, 3.05) is 7.11 Å². The molecule has 0 N–H and O–H groups in total. The second-order valence-corrected chi connectivity index (χ2v) is 4.83. The van der Waals surface area contributed by atoms with E-state index < -0.39 is 0 Å². The minimum Gasteiger partial charge on any atom is -0.495 e. The predicted molar refractivity (Wildman–Crippen MR) is 68.7 cm³/mol. The Bertz CT molecular complexity index is 488. The van der Waals surface area contributed by atoms with Gasteiger partial charge in [-0.2, -0.15) is 5.26 Å². The minimum atomic E-state index is 0.363. The molecule has 2 nitrogen and oxygen atoms in total. The van der Waals surface area contributed by atoms with Crippen LogP contribution in [0.4, 0.5) is 0 Å². The zero-order chi connectivity index (χ0) is 12.4. The lowest BCUT2D eigenvalue weighted by molar-refractivity contribution is 0.409. The Hall–Kier alpha value is -1.20. The molecule has 3 heteroatoms. The third kappa shape index (κ3) is 2.00. The van der Waals surface area contributed by atoms with Crippen molar-refractivity contribution < 1.29 is 4.74 Å². The van der Waals surface area contributed by atoms with Crippen LogP contribution in [-0.2, 0) is 19.3 Å². The van der Waals surface area contributed by atoms with Crippen LogP contribution in [-0.4, -0.2) is 7.11 Å². The average Bonchev–Trinajstić information content (AvgIpc) is 2.36. The van der Waals surface area contributed by atoms with Crippen molar-refractivity contribution in [3.63, 3.8) is 0 Å². The van der Waals surface area contributed by atoms with Crippen LogP contribution < -0.4 is 4.74 Å². The number of ether oxygens (including phenoxy) is 1. The monoisotopic (exact) mass is 249 g/mol. The molecule has 0 saturated heterocycles. The highest BCUT2D eigenvalue weighted by atomic mass is 35.5. The number of fused-ring (bicyclic) bond motifs is 1. The Labute approximate surface area is 107 Å². The fourth-order valence-electron chi connectivity index (χ4n) is 2.69. The molecule has 90 valence electrons. The highest BCUT2D eigenvalue weighted by molar-refractivity contribution is 6.33. The highest BCUT2D eigenvalue weighted by Gasteiger charge is 2.22. The molecule has 0 bridgehead atoms. The van der Waals surface area contributed by atoms with Gasteiger partial charge in [-0.3, -0.25) is 0 Å². The number of rotatable bonds is 2. The third-order valence-corrected chi connectivity index (χ3v) is 3.97. The first-order valence-electron chi connectivity index (χ1n) is 5.94. The first-order valence-corrected chi connectivity index (χ1v) is 6.32. The van der Waals surface area contributed by atoms with Gasteiger partial charge < -0.3 is 4.74 Å². The van der Waals surface area contributed by atoms with Crippen molar-refractivity contribution in [2.24, 2.45) is 0 Å².